The third-order valence-electron chi connectivity index (χ3n) is 6.34. The number of nitrogens with zero attached hydrogens (tertiary/aromatic N) is 3. The largest absolute Gasteiger partial charge is 0.469 e. The van der Waals surface area contributed by atoms with E-state index in [4.69, 9.17) is 21.3 Å². The van der Waals surface area contributed by atoms with Gasteiger partial charge in [-0.05, 0) is 69.8 Å². The second-order valence-electron chi connectivity index (χ2n) is 8.36. The summed E-state index contributed by atoms with van der Waals surface area (Å²) in [7, 11) is 3.67. The molecule has 3 rings (SSSR count). The number of benzene rings is 1. The average Bonchev–Trinajstić information content (AvgIpc) is 2.76. The summed E-state index contributed by atoms with van der Waals surface area (Å²) in [6, 6.07) is 8.57. The number of methoxy groups -OCH3 is 1. The van der Waals surface area contributed by atoms with Crippen LogP contribution in [0.15, 0.2) is 29.3 Å². The number of nitrogens with one attached hydrogen (secondary N) is 1. The van der Waals surface area contributed by atoms with Gasteiger partial charge in [0.2, 0.25) is 0 Å². The number of likely N-dealkylation sites (tertiary alicyclic amines) is 2. The number of hydrogen-bond donors (Lipinski definition) is 1. The number of piperidine rings is 2. The van der Waals surface area contributed by atoms with Crippen LogP contribution in [0.4, 0.5) is 0 Å². The zero-order chi connectivity index (χ0) is 21.5. The van der Waals surface area contributed by atoms with Crippen molar-refractivity contribution in [2.75, 3.05) is 46.9 Å². The van der Waals surface area contributed by atoms with Gasteiger partial charge in [-0.1, -0.05) is 23.7 Å². The number of halogens is 1. The fourth-order valence-electron chi connectivity index (χ4n) is 4.79. The highest BCUT2D eigenvalue weighted by Gasteiger charge is 2.31. The minimum Gasteiger partial charge on any atom is -0.469 e. The molecule has 0 bridgehead atoms. The molecular formula is C23H35ClN4O2. The van der Waals surface area contributed by atoms with Crippen LogP contribution in [-0.2, 0) is 9.53 Å². The Balaban J connectivity index is 1.70. The Morgan fingerprint density at radius 2 is 2.03 bits per heavy atom. The van der Waals surface area contributed by atoms with Gasteiger partial charge in [0, 0.05) is 37.2 Å². The van der Waals surface area contributed by atoms with Crippen LogP contribution >= 0.6 is 11.6 Å². The first kappa shape index (κ1) is 22.9. The Morgan fingerprint density at radius 1 is 1.27 bits per heavy atom. The highest BCUT2D eigenvalue weighted by Crippen LogP contribution is 2.36. The Bertz CT molecular complexity index is 734. The predicted octanol–water partition coefficient (Wildman–Crippen LogP) is 3.57. The van der Waals surface area contributed by atoms with E-state index >= 15 is 0 Å². The SMILES string of the molecule is CCNC(=NCC1CCCN(C)C1c1cccc(Cl)c1)N1CCC(C(=O)OC)CC1. The number of rotatable bonds is 5. The number of guanidine groups is 1. The fourth-order valence-corrected chi connectivity index (χ4v) is 4.99. The maximum Gasteiger partial charge on any atom is 0.308 e. The Kier molecular flexibility index (Phi) is 8.40. The highest BCUT2D eigenvalue weighted by molar-refractivity contribution is 6.30. The molecule has 0 aliphatic carbocycles. The minimum absolute atomic E-state index is 0.00771. The molecule has 2 aliphatic heterocycles. The summed E-state index contributed by atoms with van der Waals surface area (Å²) in [5, 5.41) is 4.24. The zero-order valence-corrected chi connectivity index (χ0v) is 19.2. The third kappa shape index (κ3) is 5.67. The summed E-state index contributed by atoms with van der Waals surface area (Å²) >= 11 is 6.28. The molecule has 2 atom stereocenters. The molecule has 0 amide bonds. The second kappa shape index (κ2) is 11.0. The maximum absolute atomic E-state index is 11.8. The van der Waals surface area contributed by atoms with Crippen LogP contribution in [0.5, 0.6) is 0 Å². The van der Waals surface area contributed by atoms with Gasteiger partial charge in [-0.2, -0.15) is 0 Å². The van der Waals surface area contributed by atoms with Gasteiger partial charge in [-0.25, -0.2) is 0 Å². The van der Waals surface area contributed by atoms with E-state index in [-0.39, 0.29) is 11.9 Å². The first-order chi connectivity index (χ1) is 14.5. The molecule has 30 heavy (non-hydrogen) atoms. The van der Waals surface area contributed by atoms with Crippen molar-refractivity contribution >= 4 is 23.5 Å². The van der Waals surface area contributed by atoms with Gasteiger partial charge in [0.1, 0.15) is 0 Å². The number of aliphatic imine (C=N–C) groups is 1. The van der Waals surface area contributed by atoms with Crippen LogP contribution in [0.25, 0.3) is 0 Å². The van der Waals surface area contributed by atoms with Crippen molar-refractivity contribution in [3.63, 3.8) is 0 Å². The molecule has 2 heterocycles. The highest BCUT2D eigenvalue weighted by atomic mass is 35.5. The van der Waals surface area contributed by atoms with Crippen molar-refractivity contribution in [2.45, 2.75) is 38.6 Å². The normalized spacial score (nSPS) is 24.0. The lowest BCUT2D eigenvalue weighted by molar-refractivity contribution is -0.146. The van der Waals surface area contributed by atoms with Crippen molar-refractivity contribution in [3.8, 4) is 0 Å². The summed E-state index contributed by atoms with van der Waals surface area (Å²) in [4.78, 5) is 21.6. The molecule has 7 heteroatoms. The van der Waals surface area contributed by atoms with Crippen LogP contribution in [-0.4, -0.2) is 68.6 Å². The number of esters is 1. The van der Waals surface area contributed by atoms with Crippen LogP contribution in [0.2, 0.25) is 5.02 Å². The minimum atomic E-state index is -0.0915. The van der Waals surface area contributed by atoms with E-state index in [9.17, 15) is 4.79 Å². The van der Waals surface area contributed by atoms with Crippen molar-refractivity contribution in [1.82, 2.24) is 15.1 Å². The molecule has 2 fully saturated rings. The van der Waals surface area contributed by atoms with E-state index in [2.05, 4.69) is 41.2 Å². The van der Waals surface area contributed by atoms with E-state index in [1.165, 1.54) is 19.1 Å². The van der Waals surface area contributed by atoms with Gasteiger partial charge in [-0.3, -0.25) is 14.7 Å². The molecule has 0 aromatic heterocycles. The lowest BCUT2D eigenvalue weighted by Crippen LogP contribution is -2.47. The summed E-state index contributed by atoms with van der Waals surface area (Å²) in [5.74, 6) is 1.32. The van der Waals surface area contributed by atoms with Gasteiger partial charge < -0.3 is 15.0 Å². The predicted molar refractivity (Wildman–Crippen MR) is 122 cm³/mol. The first-order valence-corrected chi connectivity index (χ1v) is 11.5. The van der Waals surface area contributed by atoms with E-state index in [0.29, 0.717) is 12.0 Å². The van der Waals surface area contributed by atoms with Gasteiger partial charge in [0.25, 0.3) is 0 Å². The van der Waals surface area contributed by atoms with Crippen LogP contribution in [0, 0.1) is 11.8 Å². The van der Waals surface area contributed by atoms with Crippen LogP contribution in [0.1, 0.15) is 44.2 Å². The maximum atomic E-state index is 11.8. The third-order valence-corrected chi connectivity index (χ3v) is 6.57. The van der Waals surface area contributed by atoms with Crippen LogP contribution < -0.4 is 5.32 Å². The van der Waals surface area contributed by atoms with Crippen molar-refractivity contribution in [1.29, 1.82) is 0 Å². The number of hydrogen-bond acceptors (Lipinski definition) is 4. The van der Waals surface area contributed by atoms with E-state index in [1.54, 1.807) is 0 Å². The lowest BCUT2D eigenvalue weighted by Gasteiger charge is -2.39. The van der Waals surface area contributed by atoms with Crippen LogP contribution in [0.3, 0.4) is 0 Å². The number of carbonyl (C=O) groups excluding carboxylic acids is 1. The fraction of sp³-hybridized carbons (Fsp3) is 0.652. The first-order valence-electron chi connectivity index (χ1n) is 11.1. The summed E-state index contributed by atoms with van der Waals surface area (Å²) in [6.45, 7) is 6.46. The van der Waals surface area contributed by atoms with Crippen molar-refractivity contribution in [2.24, 2.45) is 16.8 Å². The Morgan fingerprint density at radius 3 is 2.70 bits per heavy atom. The molecule has 2 unspecified atom stereocenters. The molecular weight excluding hydrogens is 400 g/mol. The van der Waals surface area contributed by atoms with Gasteiger partial charge >= 0.3 is 5.97 Å². The summed E-state index contributed by atoms with van der Waals surface area (Å²) in [6.07, 6.45) is 3.98. The number of carbonyl (C=O) groups is 1. The molecule has 0 spiro atoms. The molecule has 1 N–H and O–H groups in total. The van der Waals surface area contributed by atoms with Gasteiger partial charge in [0.05, 0.1) is 13.0 Å². The molecule has 2 aliphatic rings. The topological polar surface area (TPSA) is 57.2 Å². The van der Waals surface area contributed by atoms with Crippen molar-refractivity contribution < 1.29 is 9.53 Å². The monoisotopic (exact) mass is 434 g/mol. The molecule has 166 valence electrons. The molecule has 1 aromatic carbocycles. The van der Waals surface area contributed by atoms with E-state index in [0.717, 1.165) is 63.0 Å². The van der Waals surface area contributed by atoms with Gasteiger partial charge in [-0.15, -0.1) is 0 Å². The second-order valence-corrected chi connectivity index (χ2v) is 8.80. The van der Waals surface area contributed by atoms with Gasteiger partial charge in [0.15, 0.2) is 5.96 Å². The number of ether oxygens (including phenoxy) is 1. The standard InChI is InChI=1S/C23H35ClN4O2/c1-4-25-23(28-13-10-17(11-14-28)22(29)30-3)26-16-19-8-6-12-27(2)21(19)18-7-5-9-20(24)15-18/h5,7,9,15,17,19,21H,4,6,8,10-14,16H2,1-3H3,(H,25,26). The Hall–Kier alpha value is -1.79. The Labute approximate surface area is 185 Å². The molecule has 2 saturated heterocycles. The summed E-state index contributed by atoms with van der Waals surface area (Å²) in [5.41, 5.74) is 1.27. The molecule has 0 radical (unpaired) electrons. The lowest BCUT2D eigenvalue weighted by atomic mass is 9.85. The molecule has 6 nitrogen and oxygen atoms in total. The molecule has 1 aromatic rings. The summed E-state index contributed by atoms with van der Waals surface area (Å²) < 4.78 is 4.91. The van der Waals surface area contributed by atoms with E-state index in [1.807, 2.05) is 12.1 Å². The van der Waals surface area contributed by atoms with Crippen molar-refractivity contribution in [3.05, 3.63) is 34.9 Å². The smallest absolute Gasteiger partial charge is 0.308 e. The zero-order valence-electron chi connectivity index (χ0n) is 18.4. The van der Waals surface area contributed by atoms with E-state index < -0.39 is 0 Å². The quantitative estimate of drug-likeness (QED) is 0.436. The molecule has 0 saturated carbocycles. The average molecular weight is 435 g/mol.